The predicted molar refractivity (Wildman–Crippen MR) is 82.8 cm³/mol. The van der Waals surface area contributed by atoms with Crippen molar-refractivity contribution in [2.24, 2.45) is 0 Å². The lowest BCUT2D eigenvalue weighted by molar-refractivity contribution is -0.137. The van der Waals surface area contributed by atoms with Crippen LogP contribution in [-0.2, 0) is 12.6 Å². The molecule has 0 bridgehead atoms. The number of alkyl halides is 3. The van der Waals surface area contributed by atoms with E-state index in [1.165, 1.54) is 12.1 Å². The van der Waals surface area contributed by atoms with E-state index in [0.29, 0.717) is 23.2 Å². The second-order valence-corrected chi connectivity index (χ2v) is 5.18. The van der Waals surface area contributed by atoms with Crippen LogP contribution < -0.4 is 11.3 Å². The molecule has 1 aromatic carbocycles. The number of rotatable bonds is 3. The van der Waals surface area contributed by atoms with Crippen molar-refractivity contribution in [1.82, 2.24) is 9.97 Å². The van der Waals surface area contributed by atoms with Gasteiger partial charge in [-0.1, -0.05) is 18.2 Å². The average molecular weight is 323 g/mol. The van der Waals surface area contributed by atoms with E-state index in [2.05, 4.69) is 9.97 Å². The Morgan fingerprint density at radius 1 is 1.30 bits per heavy atom. The van der Waals surface area contributed by atoms with Crippen LogP contribution in [0.25, 0.3) is 5.57 Å². The fraction of sp³-hybridized carbons (Fsp3) is 0.250. The topological polar surface area (TPSA) is 71.8 Å². The Morgan fingerprint density at radius 2 is 1.91 bits per heavy atom. The molecule has 23 heavy (non-hydrogen) atoms. The molecule has 0 fully saturated rings. The lowest BCUT2D eigenvalue weighted by atomic mass is 10.0. The highest BCUT2D eigenvalue weighted by Crippen LogP contribution is 2.30. The Balaban J connectivity index is 2.23. The molecule has 0 spiro atoms. The van der Waals surface area contributed by atoms with Gasteiger partial charge in [0.2, 0.25) is 5.95 Å². The minimum atomic E-state index is -4.35. The summed E-state index contributed by atoms with van der Waals surface area (Å²) in [5, 5.41) is 0. The van der Waals surface area contributed by atoms with Crippen molar-refractivity contribution >= 4 is 11.5 Å². The third-order valence-electron chi connectivity index (χ3n) is 3.52. The van der Waals surface area contributed by atoms with Crippen LogP contribution in [0.4, 0.5) is 19.1 Å². The van der Waals surface area contributed by atoms with E-state index in [4.69, 9.17) is 5.73 Å². The number of nitrogens with one attached hydrogen (secondary N) is 1. The first kappa shape index (κ1) is 16.8. The van der Waals surface area contributed by atoms with Crippen LogP contribution in [0.15, 0.2) is 35.1 Å². The Hall–Kier alpha value is -2.57. The zero-order valence-electron chi connectivity index (χ0n) is 12.7. The van der Waals surface area contributed by atoms with Crippen LogP contribution >= 0.6 is 0 Å². The number of benzene rings is 1. The predicted octanol–water partition coefficient (Wildman–Crippen LogP) is 3.33. The maximum Gasteiger partial charge on any atom is 0.416 e. The molecule has 2 rings (SSSR count). The Bertz CT molecular complexity index is 790. The van der Waals surface area contributed by atoms with Crippen molar-refractivity contribution in [3.63, 3.8) is 0 Å². The van der Waals surface area contributed by atoms with Crippen molar-refractivity contribution in [2.75, 3.05) is 5.73 Å². The van der Waals surface area contributed by atoms with Gasteiger partial charge in [0.1, 0.15) is 0 Å². The summed E-state index contributed by atoms with van der Waals surface area (Å²) in [4.78, 5) is 18.3. The second kappa shape index (κ2) is 6.28. The molecule has 0 aliphatic rings. The molecular formula is C16H16F3N3O. The van der Waals surface area contributed by atoms with Crippen LogP contribution in [-0.4, -0.2) is 9.97 Å². The summed E-state index contributed by atoms with van der Waals surface area (Å²) in [6, 6.07) is 4.89. The number of aromatic nitrogens is 2. The van der Waals surface area contributed by atoms with Crippen LogP contribution in [0.5, 0.6) is 0 Å². The van der Waals surface area contributed by atoms with Gasteiger partial charge in [0.15, 0.2) is 0 Å². The highest BCUT2D eigenvalue weighted by molar-refractivity contribution is 5.64. The van der Waals surface area contributed by atoms with E-state index >= 15 is 0 Å². The van der Waals surface area contributed by atoms with Crippen LogP contribution in [0.3, 0.4) is 0 Å². The van der Waals surface area contributed by atoms with Gasteiger partial charge in [-0.25, -0.2) is 4.98 Å². The summed E-state index contributed by atoms with van der Waals surface area (Å²) in [6.07, 6.45) is -2.25. The number of hydrogen-bond donors (Lipinski definition) is 2. The number of nitrogens with zero attached hydrogens (tertiary/aromatic N) is 1. The molecule has 3 N–H and O–H groups in total. The summed E-state index contributed by atoms with van der Waals surface area (Å²) in [6.45, 7) is 3.46. The van der Waals surface area contributed by atoms with E-state index in [1.54, 1.807) is 19.9 Å². The molecule has 0 saturated heterocycles. The van der Waals surface area contributed by atoms with Gasteiger partial charge in [-0.3, -0.25) is 9.78 Å². The summed E-state index contributed by atoms with van der Waals surface area (Å²) in [5.41, 5.74) is 6.89. The smallest absolute Gasteiger partial charge is 0.369 e. The summed E-state index contributed by atoms with van der Waals surface area (Å²) < 4.78 is 37.6. The molecule has 0 amide bonds. The van der Waals surface area contributed by atoms with Gasteiger partial charge in [-0.15, -0.1) is 0 Å². The largest absolute Gasteiger partial charge is 0.416 e. The lowest BCUT2D eigenvalue weighted by Crippen LogP contribution is -2.18. The maximum absolute atomic E-state index is 12.5. The first-order valence-corrected chi connectivity index (χ1v) is 6.88. The maximum atomic E-state index is 12.5. The van der Waals surface area contributed by atoms with Crippen molar-refractivity contribution in [2.45, 2.75) is 26.4 Å². The number of nitrogens with two attached hydrogens (primary N) is 1. The monoisotopic (exact) mass is 323 g/mol. The molecule has 0 radical (unpaired) electrons. The lowest BCUT2D eigenvalue weighted by Gasteiger charge is -2.08. The summed E-state index contributed by atoms with van der Waals surface area (Å²) >= 11 is 0. The number of aryl methyl sites for hydroxylation is 1. The van der Waals surface area contributed by atoms with E-state index in [9.17, 15) is 18.0 Å². The van der Waals surface area contributed by atoms with E-state index in [0.717, 1.165) is 17.7 Å². The zero-order chi connectivity index (χ0) is 17.2. The number of H-pyrrole nitrogens is 1. The molecular weight excluding hydrogens is 307 g/mol. The molecule has 1 heterocycles. The van der Waals surface area contributed by atoms with E-state index < -0.39 is 11.7 Å². The van der Waals surface area contributed by atoms with Crippen molar-refractivity contribution in [3.8, 4) is 0 Å². The number of anilines is 1. The van der Waals surface area contributed by atoms with Gasteiger partial charge in [0, 0.05) is 5.56 Å². The standard InChI is InChI=1S/C16H16F3N3O/c1-9(11-4-6-12(7-5-11)16(17,18)19)3-8-13-10(2)21-15(20)22-14(13)23/h3-7H,8H2,1-2H3,(H3,20,21,22,23)/b9-3+. The molecule has 0 saturated carbocycles. The number of allylic oxidation sites excluding steroid dienone is 2. The van der Waals surface area contributed by atoms with Crippen LogP contribution in [0.2, 0.25) is 0 Å². The molecule has 7 heteroatoms. The van der Waals surface area contributed by atoms with Gasteiger partial charge in [-0.2, -0.15) is 13.2 Å². The van der Waals surface area contributed by atoms with Crippen molar-refractivity contribution < 1.29 is 13.2 Å². The molecule has 0 aliphatic heterocycles. The second-order valence-electron chi connectivity index (χ2n) is 5.18. The fourth-order valence-electron chi connectivity index (χ4n) is 2.17. The van der Waals surface area contributed by atoms with Crippen LogP contribution in [0, 0.1) is 6.92 Å². The number of nitrogen functional groups attached to an aromatic ring is 1. The van der Waals surface area contributed by atoms with E-state index in [1.807, 2.05) is 0 Å². The third kappa shape index (κ3) is 4.00. The molecule has 0 unspecified atom stereocenters. The van der Waals surface area contributed by atoms with E-state index in [-0.39, 0.29) is 11.5 Å². The summed E-state index contributed by atoms with van der Waals surface area (Å²) in [5.74, 6) is 0.0553. The molecule has 1 aromatic heterocycles. The van der Waals surface area contributed by atoms with Gasteiger partial charge in [0.05, 0.1) is 11.3 Å². The molecule has 4 nitrogen and oxygen atoms in total. The van der Waals surface area contributed by atoms with Gasteiger partial charge < -0.3 is 5.73 Å². The van der Waals surface area contributed by atoms with Gasteiger partial charge in [-0.05, 0) is 43.5 Å². The Labute approximate surface area is 130 Å². The first-order valence-electron chi connectivity index (χ1n) is 6.88. The number of aromatic amines is 1. The number of halogens is 3. The molecule has 0 atom stereocenters. The SMILES string of the molecule is C/C(=C\Cc1c(C)nc(N)[nH]c1=O)c1ccc(C(F)(F)F)cc1. The Kier molecular flexibility index (Phi) is 4.58. The van der Waals surface area contributed by atoms with Gasteiger partial charge in [0.25, 0.3) is 5.56 Å². The highest BCUT2D eigenvalue weighted by Gasteiger charge is 2.29. The number of hydrogen-bond acceptors (Lipinski definition) is 3. The minimum absolute atomic E-state index is 0.0553. The normalized spacial score (nSPS) is 12.5. The average Bonchev–Trinajstić information content (AvgIpc) is 2.45. The van der Waals surface area contributed by atoms with Crippen LogP contribution in [0.1, 0.15) is 29.3 Å². The third-order valence-corrected chi connectivity index (χ3v) is 3.52. The summed E-state index contributed by atoms with van der Waals surface area (Å²) in [7, 11) is 0. The van der Waals surface area contributed by atoms with Crippen molar-refractivity contribution in [3.05, 3.63) is 63.1 Å². The molecule has 0 aliphatic carbocycles. The molecule has 122 valence electrons. The first-order chi connectivity index (χ1) is 10.7. The zero-order valence-corrected chi connectivity index (χ0v) is 12.7. The van der Waals surface area contributed by atoms with Gasteiger partial charge >= 0.3 is 6.18 Å². The quantitative estimate of drug-likeness (QED) is 0.910. The minimum Gasteiger partial charge on any atom is -0.369 e. The molecule has 2 aromatic rings. The fourth-order valence-corrected chi connectivity index (χ4v) is 2.17. The Morgan fingerprint density at radius 3 is 2.43 bits per heavy atom. The van der Waals surface area contributed by atoms with Crippen molar-refractivity contribution in [1.29, 1.82) is 0 Å². The highest BCUT2D eigenvalue weighted by atomic mass is 19.4.